The second kappa shape index (κ2) is 4.75. The second-order valence-electron chi connectivity index (χ2n) is 3.97. The van der Waals surface area contributed by atoms with Crippen LogP contribution >= 0.6 is 11.6 Å². The Kier molecular flexibility index (Phi) is 3.33. The van der Waals surface area contributed by atoms with Gasteiger partial charge in [-0.2, -0.15) is 0 Å². The summed E-state index contributed by atoms with van der Waals surface area (Å²) in [6.07, 6.45) is 0.690. The number of carbonyl (C=O) groups excluding carboxylic acids is 2. The SMILES string of the molecule is COc1ccc(Cl)cc1CC1CC(=O)NC1=O. The molecule has 1 N–H and O–H groups in total. The van der Waals surface area contributed by atoms with Gasteiger partial charge in [0.15, 0.2) is 0 Å². The van der Waals surface area contributed by atoms with Crippen LogP contribution in [0.2, 0.25) is 5.02 Å². The molecule has 0 radical (unpaired) electrons. The van der Waals surface area contributed by atoms with Crippen molar-refractivity contribution in [3.63, 3.8) is 0 Å². The number of carbonyl (C=O) groups is 2. The van der Waals surface area contributed by atoms with Crippen LogP contribution in [0.25, 0.3) is 0 Å². The highest BCUT2D eigenvalue weighted by Crippen LogP contribution is 2.27. The lowest BCUT2D eigenvalue weighted by Crippen LogP contribution is -2.22. The molecule has 2 rings (SSSR count). The number of benzene rings is 1. The Morgan fingerprint density at radius 1 is 1.47 bits per heavy atom. The molecule has 4 nitrogen and oxygen atoms in total. The molecule has 1 fully saturated rings. The van der Waals surface area contributed by atoms with E-state index in [9.17, 15) is 9.59 Å². The standard InChI is InChI=1S/C12H12ClNO3/c1-17-10-3-2-9(13)5-7(10)4-8-6-11(15)14-12(8)16/h2-3,5,8H,4,6H2,1H3,(H,14,15,16). The van der Waals surface area contributed by atoms with E-state index >= 15 is 0 Å². The van der Waals surface area contributed by atoms with Crippen molar-refractivity contribution in [1.29, 1.82) is 0 Å². The number of ether oxygens (including phenoxy) is 1. The molecule has 5 heteroatoms. The minimum absolute atomic E-state index is 0.221. The van der Waals surface area contributed by atoms with Gasteiger partial charge in [-0.15, -0.1) is 0 Å². The molecule has 1 aliphatic heterocycles. The minimum Gasteiger partial charge on any atom is -0.496 e. The Morgan fingerprint density at radius 3 is 2.82 bits per heavy atom. The zero-order valence-corrected chi connectivity index (χ0v) is 10.1. The van der Waals surface area contributed by atoms with Crippen LogP contribution in [0.15, 0.2) is 18.2 Å². The van der Waals surface area contributed by atoms with E-state index in [-0.39, 0.29) is 24.2 Å². The maximum Gasteiger partial charge on any atom is 0.230 e. The minimum atomic E-state index is -0.324. The first-order chi connectivity index (χ1) is 8.10. The van der Waals surface area contributed by atoms with Crippen LogP contribution in [0.3, 0.4) is 0 Å². The number of imide groups is 1. The third-order valence-corrected chi connectivity index (χ3v) is 3.01. The Morgan fingerprint density at radius 2 is 2.24 bits per heavy atom. The second-order valence-corrected chi connectivity index (χ2v) is 4.41. The van der Waals surface area contributed by atoms with Crippen molar-refractivity contribution in [2.75, 3.05) is 7.11 Å². The molecule has 0 bridgehead atoms. The Hall–Kier alpha value is -1.55. The number of halogens is 1. The van der Waals surface area contributed by atoms with Crippen molar-refractivity contribution in [2.24, 2.45) is 5.92 Å². The zero-order chi connectivity index (χ0) is 12.4. The summed E-state index contributed by atoms with van der Waals surface area (Å²) in [5, 5.41) is 2.88. The van der Waals surface area contributed by atoms with Crippen molar-refractivity contribution < 1.29 is 14.3 Å². The highest BCUT2D eigenvalue weighted by Gasteiger charge is 2.31. The van der Waals surface area contributed by atoms with Gasteiger partial charge < -0.3 is 4.74 Å². The fourth-order valence-corrected chi connectivity index (χ4v) is 2.14. The van der Waals surface area contributed by atoms with Crippen LogP contribution in [-0.2, 0) is 16.0 Å². The molecule has 1 aliphatic rings. The molecule has 0 aromatic heterocycles. The van der Waals surface area contributed by atoms with Crippen molar-refractivity contribution in [2.45, 2.75) is 12.8 Å². The summed E-state index contributed by atoms with van der Waals surface area (Å²) >= 11 is 5.90. The number of hydrogen-bond acceptors (Lipinski definition) is 3. The van der Waals surface area contributed by atoms with E-state index in [4.69, 9.17) is 16.3 Å². The van der Waals surface area contributed by atoms with Gasteiger partial charge in [0, 0.05) is 11.4 Å². The normalized spacial score (nSPS) is 19.3. The van der Waals surface area contributed by atoms with Gasteiger partial charge in [-0.1, -0.05) is 11.6 Å². The fourth-order valence-electron chi connectivity index (χ4n) is 1.94. The first-order valence-corrected chi connectivity index (χ1v) is 5.64. The van der Waals surface area contributed by atoms with E-state index in [0.29, 0.717) is 17.2 Å². The molecular weight excluding hydrogens is 242 g/mol. The molecule has 1 unspecified atom stereocenters. The average molecular weight is 254 g/mol. The van der Waals surface area contributed by atoms with Crippen molar-refractivity contribution in [1.82, 2.24) is 5.32 Å². The quantitative estimate of drug-likeness (QED) is 0.832. The molecule has 17 heavy (non-hydrogen) atoms. The van der Waals surface area contributed by atoms with Gasteiger partial charge in [0.25, 0.3) is 0 Å². The van der Waals surface area contributed by atoms with Crippen LogP contribution in [-0.4, -0.2) is 18.9 Å². The van der Waals surface area contributed by atoms with Crippen molar-refractivity contribution in [3.8, 4) is 5.75 Å². The number of nitrogens with one attached hydrogen (secondary N) is 1. The Bertz CT molecular complexity index is 473. The lowest BCUT2D eigenvalue weighted by Gasteiger charge is -2.11. The number of rotatable bonds is 3. The molecular formula is C12H12ClNO3. The van der Waals surface area contributed by atoms with Crippen LogP contribution in [0.4, 0.5) is 0 Å². The van der Waals surface area contributed by atoms with E-state index in [0.717, 1.165) is 5.56 Å². The largest absolute Gasteiger partial charge is 0.496 e. The van der Waals surface area contributed by atoms with Crippen LogP contribution in [0.5, 0.6) is 5.75 Å². The van der Waals surface area contributed by atoms with Gasteiger partial charge in [-0.25, -0.2) is 0 Å². The van der Waals surface area contributed by atoms with E-state index < -0.39 is 0 Å². The van der Waals surface area contributed by atoms with Crippen molar-refractivity contribution >= 4 is 23.4 Å². The molecule has 90 valence electrons. The first-order valence-electron chi connectivity index (χ1n) is 5.26. The Labute approximate surface area is 104 Å². The summed E-state index contributed by atoms with van der Waals surface area (Å²) in [4.78, 5) is 22.6. The van der Waals surface area contributed by atoms with E-state index in [1.54, 1.807) is 25.3 Å². The first kappa shape index (κ1) is 11.9. The molecule has 1 saturated heterocycles. The van der Waals surface area contributed by atoms with Gasteiger partial charge in [0.05, 0.1) is 13.0 Å². The summed E-state index contributed by atoms with van der Waals surface area (Å²) in [5.74, 6) is -0.0885. The predicted octanol–water partition coefficient (Wildman–Crippen LogP) is 1.55. The van der Waals surface area contributed by atoms with E-state index in [1.807, 2.05) is 0 Å². The summed E-state index contributed by atoms with van der Waals surface area (Å²) in [7, 11) is 1.56. The molecule has 0 saturated carbocycles. The number of hydrogen-bond donors (Lipinski definition) is 1. The average Bonchev–Trinajstić information content (AvgIpc) is 2.58. The molecule has 1 aromatic rings. The van der Waals surface area contributed by atoms with Gasteiger partial charge in [0.1, 0.15) is 5.75 Å². The van der Waals surface area contributed by atoms with Gasteiger partial charge >= 0.3 is 0 Å². The molecule has 1 atom stereocenters. The highest BCUT2D eigenvalue weighted by atomic mass is 35.5. The van der Waals surface area contributed by atoms with E-state index in [2.05, 4.69) is 5.32 Å². The highest BCUT2D eigenvalue weighted by molar-refractivity contribution is 6.30. The molecule has 1 aromatic carbocycles. The number of amides is 2. The number of methoxy groups -OCH3 is 1. The third kappa shape index (κ3) is 2.58. The van der Waals surface area contributed by atoms with Crippen molar-refractivity contribution in [3.05, 3.63) is 28.8 Å². The summed E-state index contributed by atoms with van der Waals surface area (Å²) in [6, 6.07) is 5.24. The van der Waals surface area contributed by atoms with Crippen LogP contribution < -0.4 is 10.1 Å². The monoisotopic (exact) mass is 253 g/mol. The van der Waals surface area contributed by atoms with E-state index in [1.165, 1.54) is 0 Å². The predicted molar refractivity (Wildman–Crippen MR) is 63.0 cm³/mol. The molecule has 0 aliphatic carbocycles. The van der Waals surface area contributed by atoms with Gasteiger partial charge in [-0.3, -0.25) is 14.9 Å². The zero-order valence-electron chi connectivity index (χ0n) is 9.33. The van der Waals surface area contributed by atoms with Gasteiger partial charge in [-0.05, 0) is 30.2 Å². The molecule has 0 spiro atoms. The molecule has 1 heterocycles. The summed E-state index contributed by atoms with van der Waals surface area (Å²) in [5.41, 5.74) is 0.842. The maximum absolute atomic E-state index is 11.5. The maximum atomic E-state index is 11.5. The third-order valence-electron chi connectivity index (χ3n) is 2.77. The van der Waals surface area contributed by atoms with Crippen LogP contribution in [0.1, 0.15) is 12.0 Å². The Balaban J connectivity index is 2.20. The lowest BCUT2D eigenvalue weighted by atomic mass is 9.97. The summed E-state index contributed by atoms with van der Waals surface area (Å²) in [6.45, 7) is 0. The van der Waals surface area contributed by atoms with Gasteiger partial charge in [0.2, 0.25) is 11.8 Å². The fraction of sp³-hybridized carbons (Fsp3) is 0.333. The lowest BCUT2D eigenvalue weighted by molar-refractivity contribution is -0.125. The smallest absolute Gasteiger partial charge is 0.230 e. The topological polar surface area (TPSA) is 55.4 Å². The summed E-state index contributed by atoms with van der Waals surface area (Å²) < 4.78 is 5.20. The molecule has 2 amide bonds. The van der Waals surface area contributed by atoms with Crippen LogP contribution in [0, 0.1) is 5.92 Å².